The second-order valence-electron chi connectivity index (χ2n) is 6.33. The molecule has 1 amide bonds. The molecule has 0 bridgehead atoms. The third kappa shape index (κ3) is 4.48. The summed E-state index contributed by atoms with van der Waals surface area (Å²) in [6.07, 6.45) is 0.132. The molecule has 1 aliphatic rings. The van der Waals surface area contributed by atoms with E-state index in [1.54, 1.807) is 31.3 Å². The van der Waals surface area contributed by atoms with Crippen LogP contribution in [0.25, 0.3) is 0 Å². The molecule has 2 aromatic carbocycles. The summed E-state index contributed by atoms with van der Waals surface area (Å²) in [5.74, 6) is -0.0199. The Balaban J connectivity index is 1.83. The highest BCUT2D eigenvalue weighted by atomic mass is 35.5. The number of amides is 1. The van der Waals surface area contributed by atoms with Crippen molar-refractivity contribution in [2.75, 3.05) is 24.2 Å². The van der Waals surface area contributed by atoms with Gasteiger partial charge in [-0.2, -0.15) is 0 Å². The molecule has 9 heteroatoms. The fourth-order valence-electron chi connectivity index (χ4n) is 2.85. The first-order valence-corrected chi connectivity index (χ1v) is 10.7. The van der Waals surface area contributed by atoms with Crippen LogP contribution in [0.2, 0.25) is 10.0 Å². The summed E-state index contributed by atoms with van der Waals surface area (Å²) in [5.41, 5.74) is 1.23. The minimum absolute atomic E-state index is 0.115. The van der Waals surface area contributed by atoms with Crippen LogP contribution in [0.3, 0.4) is 0 Å². The minimum atomic E-state index is -3.60. The van der Waals surface area contributed by atoms with Gasteiger partial charge in [0.1, 0.15) is 5.75 Å². The second kappa shape index (κ2) is 7.58. The summed E-state index contributed by atoms with van der Waals surface area (Å²) in [7, 11) is -1.96. The normalized spacial score (nSPS) is 16.4. The topological polar surface area (TPSA) is 66.9 Å². The Morgan fingerprint density at radius 1 is 1.19 bits per heavy atom. The number of hydrogen-bond acceptors (Lipinski definition) is 4. The zero-order chi connectivity index (χ0) is 19.8. The molecule has 1 heterocycles. The lowest BCUT2D eigenvalue weighted by molar-refractivity contribution is -0.137. The molecule has 0 spiro atoms. The van der Waals surface area contributed by atoms with E-state index in [4.69, 9.17) is 27.9 Å². The Hall–Kier alpha value is -1.96. The lowest BCUT2D eigenvalue weighted by atomic mass is 10.2. The quantitative estimate of drug-likeness (QED) is 0.749. The summed E-state index contributed by atoms with van der Waals surface area (Å²) in [5, 5.41) is 0.998. The fourth-order valence-corrected chi connectivity index (χ4v) is 4.05. The van der Waals surface area contributed by atoms with Gasteiger partial charge in [-0.05, 0) is 35.9 Å². The van der Waals surface area contributed by atoms with E-state index in [1.807, 2.05) is 12.1 Å². The molecule has 0 N–H and O–H groups in total. The van der Waals surface area contributed by atoms with Crippen LogP contribution in [-0.4, -0.2) is 45.2 Å². The number of sulfonamides is 1. The Kier molecular flexibility index (Phi) is 5.55. The molecule has 3 rings (SSSR count). The third-order valence-electron chi connectivity index (χ3n) is 4.18. The van der Waals surface area contributed by atoms with Crippen molar-refractivity contribution in [1.82, 2.24) is 4.90 Å². The summed E-state index contributed by atoms with van der Waals surface area (Å²) in [4.78, 5) is 14.3. The van der Waals surface area contributed by atoms with Crippen LogP contribution in [0, 0.1) is 0 Å². The first-order valence-electron chi connectivity index (χ1n) is 8.08. The van der Waals surface area contributed by atoms with Gasteiger partial charge in [-0.25, -0.2) is 8.42 Å². The zero-order valence-electron chi connectivity index (χ0n) is 14.7. The molecular formula is C18H18Cl2N2O4S. The van der Waals surface area contributed by atoms with Gasteiger partial charge in [-0.3, -0.25) is 9.10 Å². The number of halogens is 2. The van der Waals surface area contributed by atoms with Gasteiger partial charge >= 0.3 is 0 Å². The average molecular weight is 429 g/mol. The number of hydrogen-bond donors (Lipinski definition) is 0. The number of rotatable bonds is 4. The van der Waals surface area contributed by atoms with Crippen LogP contribution in [0.15, 0.2) is 42.5 Å². The molecule has 2 aromatic rings. The van der Waals surface area contributed by atoms with Crippen molar-refractivity contribution in [3.63, 3.8) is 0 Å². The van der Waals surface area contributed by atoms with Crippen LogP contribution < -0.4 is 9.04 Å². The summed E-state index contributed by atoms with van der Waals surface area (Å²) >= 11 is 11.9. The molecule has 0 aromatic heterocycles. The van der Waals surface area contributed by atoms with Crippen molar-refractivity contribution in [3.05, 3.63) is 58.1 Å². The minimum Gasteiger partial charge on any atom is -0.476 e. The Morgan fingerprint density at radius 3 is 2.44 bits per heavy atom. The van der Waals surface area contributed by atoms with Crippen LogP contribution in [-0.2, 0) is 21.4 Å². The SMILES string of the molecule is CN(Cc1ccc(Cl)cc1)C(=O)[C@@H]1CN(S(C)(=O)=O)c2cc(Cl)ccc2O1. The van der Waals surface area contributed by atoms with Crippen LogP contribution in [0.4, 0.5) is 5.69 Å². The van der Waals surface area contributed by atoms with E-state index in [1.165, 1.54) is 11.0 Å². The van der Waals surface area contributed by atoms with Gasteiger partial charge < -0.3 is 9.64 Å². The third-order valence-corrected chi connectivity index (χ3v) is 5.81. The van der Waals surface area contributed by atoms with Gasteiger partial charge in [0.2, 0.25) is 10.0 Å². The first kappa shape index (κ1) is 19.8. The maximum absolute atomic E-state index is 12.8. The Bertz CT molecular complexity index is 964. The average Bonchev–Trinajstić information content (AvgIpc) is 2.61. The van der Waals surface area contributed by atoms with Gasteiger partial charge in [0.15, 0.2) is 6.10 Å². The summed E-state index contributed by atoms with van der Waals surface area (Å²) < 4.78 is 31.3. The number of anilines is 1. The number of likely N-dealkylation sites (N-methyl/N-ethyl adjacent to an activating group) is 1. The van der Waals surface area contributed by atoms with Crippen molar-refractivity contribution < 1.29 is 17.9 Å². The van der Waals surface area contributed by atoms with E-state index < -0.39 is 16.1 Å². The van der Waals surface area contributed by atoms with Gasteiger partial charge in [0, 0.05) is 23.6 Å². The molecular weight excluding hydrogens is 411 g/mol. The molecule has 27 heavy (non-hydrogen) atoms. The van der Waals surface area contributed by atoms with E-state index in [0.717, 1.165) is 16.1 Å². The van der Waals surface area contributed by atoms with Crippen LogP contribution >= 0.6 is 23.2 Å². The van der Waals surface area contributed by atoms with E-state index in [2.05, 4.69) is 0 Å². The van der Waals surface area contributed by atoms with Gasteiger partial charge in [-0.1, -0.05) is 35.3 Å². The molecule has 1 atom stereocenters. The molecule has 0 saturated carbocycles. The molecule has 0 fully saturated rings. The van der Waals surface area contributed by atoms with Gasteiger partial charge in [0.05, 0.1) is 18.5 Å². The molecule has 0 radical (unpaired) electrons. The number of carbonyl (C=O) groups excluding carboxylic acids is 1. The van der Waals surface area contributed by atoms with E-state index in [0.29, 0.717) is 28.0 Å². The molecule has 6 nitrogen and oxygen atoms in total. The monoisotopic (exact) mass is 428 g/mol. The van der Waals surface area contributed by atoms with Crippen molar-refractivity contribution in [1.29, 1.82) is 0 Å². The van der Waals surface area contributed by atoms with Crippen LogP contribution in [0.5, 0.6) is 5.75 Å². The van der Waals surface area contributed by atoms with Crippen molar-refractivity contribution in [2.24, 2.45) is 0 Å². The van der Waals surface area contributed by atoms with Gasteiger partial charge in [0.25, 0.3) is 5.91 Å². The van der Waals surface area contributed by atoms with E-state index in [-0.39, 0.29) is 12.5 Å². The van der Waals surface area contributed by atoms with Gasteiger partial charge in [-0.15, -0.1) is 0 Å². The maximum Gasteiger partial charge on any atom is 0.265 e. The highest BCUT2D eigenvalue weighted by Crippen LogP contribution is 2.37. The lowest BCUT2D eigenvalue weighted by Gasteiger charge is -2.35. The molecule has 0 aliphatic carbocycles. The number of fused-ring (bicyclic) bond motifs is 1. The number of ether oxygens (including phenoxy) is 1. The molecule has 0 unspecified atom stereocenters. The van der Waals surface area contributed by atoms with Crippen molar-refractivity contribution in [3.8, 4) is 5.75 Å². The smallest absolute Gasteiger partial charge is 0.265 e. The largest absolute Gasteiger partial charge is 0.476 e. The zero-order valence-corrected chi connectivity index (χ0v) is 17.1. The molecule has 0 saturated heterocycles. The second-order valence-corrected chi connectivity index (χ2v) is 9.11. The predicted octanol–water partition coefficient (Wildman–Crippen LogP) is 3.18. The summed E-state index contributed by atoms with van der Waals surface area (Å²) in [6.45, 7) is 0.234. The van der Waals surface area contributed by atoms with Crippen molar-refractivity contribution in [2.45, 2.75) is 12.6 Å². The highest BCUT2D eigenvalue weighted by molar-refractivity contribution is 7.92. The van der Waals surface area contributed by atoms with Crippen LogP contribution in [0.1, 0.15) is 5.56 Å². The highest BCUT2D eigenvalue weighted by Gasteiger charge is 2.36. The number of carbonyl (C=O) groups is 1. The standard InChI is InChI=1S/C18H18Cl2N2O4S/c1-21(10-12-3-5-13(19)6-4-12)18(23)17-11-22(27(2,24)25)15-9-14(20)7-8-16(15)26-17/h3-9,17H,10-11H2,1-2H3/t17-/m0/s1. The number of nitrogens with zero attached hydrogens (tertiary/aromatic N) is 2. The number of benzene rings is 2. The summed E-state index contributed by atoms with van der Waals surface area (Å²) in [6, 6.07) is 11.8. The van der Waals surface area contributed by atoms with E-state index in [9.17, 15) is 13.2 Å². The Morgan fingerprint density at radius 2 is 1.81 bits per heavy atom. The first-order chi connectivity index (χ1) is 12.6. The predicted molar refractivity (Wildman–Crippen MR) is 106 cm³/mol. The molecule has 144 valence electrons. The molecule has 1 aliphatic heterocycles. The van der Waals surface area contributed by atoms with Crippen molar-refractivity contribution >= 4 is 44.8 Å². The maximum atomic E-state index is 12.8. The fraction of sp³-hybridized carbons (Fsp3) is 0.278. The van der Waals surface area contributed by atoms with E-state index >= 15 is 0 Å². The Labute approximate surface area is 168 Å². The lowest BCUT2D eigenvalue weighted by Crippen LogP contribution is -2.50.